The monoisotopic (exact) mass is 923 g/mol. The summed E-state index contributed by atoms with van der Waals surface area (Å²) in [5, 5.41) is 117. The zero-order chi connectivity index (χ0) is 46.6. The first-order chi connectivity index (χ1) is 30.3. The van der Waals surface area contributed by atoms with Crippen LogP contribution in [0.5, 0.6) is 0 Å². The van der Waals surface area contributed by atoms with Crippen LogP contribution in [0.2, 0.25) is 0 Å². The molecule has 0 amide bonds. The lowest BCUT2D eigenvalue weighted by molar-refractivity contribution is -0.368. The van der Waals surface area contributed by atoms with Crippen molar-refractivity contribution in [2.24, 2.45) is 17.8 Å². The van der Waals surface area contributed by atoms with Crippen LogP contribution in [0.15, 0.2) is 12.2 Å². The molecule has 18 unspecified atom stereocenters. The summed E-state index contributed by atoms with van der Waals surface area (Å²) in [4.78, 5) is 47.6. The summed E-state index contributed by atoms with van der Waals surface area (Å²) in [5.74, 6) is -5.57. The van der Waals surface area contributed by atoms with Gasteiger partial charge in [-0.25, -0.2) is 4.79 Å². The Morgan fingerprint density at radius 1 is 0.656 bits per heavy atom. The summed E-state index contributed by atoms with van der Waals surface area (Å²) in [6.07, 6.45) is -21.9. The Bertz CT molecular complexity index is 1590. The third kappa shape index (κ3) is 12.5. The molecule has 23 heteroatoms. The van der Waals surface area contributed by atoms with Crippen LogP contribution in [0.25, 0.3) is 0 Å². The molecular weight excluding hydrogens is 860 g/mol. The largest absolute Gasteiger partial charge is 0.481 e. The van der Waals surface area contributed by atoms with E-state index in [4.69, 9.17) is 43.0 Å². The van der Waals surface area contributed by atoms with Crippen LogP contribution >= 0.6 is 0 Å². The Kier molecular flexibility index (Phi) is 17.5. The van der Waals surface area contributed by atoms with Crippen molar-refractivity contribution >= 4 is 23.9 Å². The number of aliphatic carboxylic acids is 1. The Morgan fingerprint density at radius 2 is 1.27 bits per heavy atom. The normalized spacial score (nSPS) is 45.2. The zero-order valence-electron chi connectivity index (χ0n) is 35.2. The summed E-state index contributed by atoms with van der Waals surface area (Å²) in [6.45, 7) is -0.254. The quantitative estimate of drug-likeness (QED) is 0.0257. The molecule has 0 radical (unpaired) electrons. The number of hydrogen-bond acceptors (Lipinski definition) is 21. The number of carbonyl (C=O) groups is 4. The topological polar surface area (TPSA) is 368 Å². The number of aliphatic hydroxyl groups is 12. The lowest BCUT2D eigenvalue weighted by atomic mass is 9.72. The molecular formula is C41H63O23+. The van der Waals surface area contributed by atoms with Gasteiger partial charge in [0, 0.05) is 31.8 Å². The van der Waals surface area contributed by atoms with Gasteiger partial charge in [-0.1, -0.05) is 6.08 Å². The molecule has 6 aliphatic rings. The summed E-state index contributed by atoms with van der Waals surface area (Å²) in [6, 6.07) is 0. The van der Waals surface area contributed by atoms with E-state index in [0.29, 0.717) is 25.7 Å². The fraction of sp³-hybridized carbons (Fsp3) is 0.854. The van der Waals surface area contributed by atoms with Gasteiger partial charge in [0.15, 0.2) is 30.9 Å². The molecule has 6 rings (SSSR count). The third-order valence-corrected chi connectivity index (χ3v) is 13.2. The van der Waals surface area contributed by atoms with Crippen LogP contribution in [-0.4, -0.2) is 214 Å². The lowest BCUT2D eigenvalue weighted by Gasteiger charge is -2.50. The summed E-state index contributed by atoms with van der Waals surface area (Å²) >= 11 is 0. The highest BCUT2D eigenvalue weighted by atomic mass is 16.7. The van der Waals surface area contributed by atoms with Gasteiger partial charge >= 0.3 is 23.9 Å². The van der Waals surface area contributed by atoms with Crippen molar-refractivity contribution < 1.29 is 113 Å². The summed E-state index contributed by atoms with van der Waals surface area (Å²) < 4.78 is 44.9. The zero-order valence-corrected chi connectivity index (χ0v) is 35.2. The van der Waals surface area contributed by atoms with Gasteiger partial charge in [0.2, 0.25) is 0 Å². The number of carboxylic acid groups (broad SMARTS) is 1. The predicted octanol–water partition coefficient (Wildman–Crippen LogP) is -4.46. The maximum absolute atomic E-state index is 12.6. The number of rotatable bonds is 14. The fourth-order valence-electron chi connectivity index (χ4n) is 9.77. The Hall–Kier alpha value is -2.98. The van der Waals surface area contributed by atoms with Gasteiger partial charge in [0.1, 0.15) is 74.6 Å². The van der Waals surface area contributed by atoms with E-state index in [-0.39, 0.29) is 44.1 Å². The number of carboxylic acids is 1. The predicted molar refractivity (Wildman–Crippen MR) is 208 cm³/mol. The standard InChI is InChI=1S/C41H62O23/c1-16(42)59-39-28(15-58-31(50)13-29(47)48)64-41(37(56)35(39)54)61-25-11-20(44)10-24-21(25)12-26(38(60-24)18-8-22(45)32(51)23(46)9-18)62-40-36(55)34(53)33(52)27(63-40)14-57-30(49)7-4-17-2-5-19(43)6-3-17/h4,7,17-28,32-41,43-46,51-56H,2-3,5-6,8-15H2,1H3,(H,47,48)/p+1. The molecule has 12 N–H and O–H groups in total. The minimum atomic E-state index is -1.88. The van der Waals surface area contributed by atoms with Crippen molar-refractivity contribution in [3.8, 4) is 0 Å². The van der Waals surface area contributed by atoms with E-state index in [9.17, 15) is 70.2 Å². The molecule has 18 atom stereocenters. The molecule has 3 heterocycles. The molecule has 364 valence electrons. The second kappa shape index (κ2) is 22.2. The van der Waals surface area contributed by atoms with E-state index in [1.165, 1.54) is 6.08 Å². The number of ether oxygens (including phenoxy) is 8. The van der Waals surface area contributed by atoms with Crippen LogP contribution < -0.4 is 0 Å². The van der Waals surface area contributed by atoms with E-state index in [2.05, 4.69) is 0 Å². The van der Waals surface area contributed by atoms with Crippen LogP contribution in [-0.2, 0) is 52.3 Å². The van der Waals surface area contributed by atoms with Crippen molar-refractivity contribution in [2.45, 2.75) is 187 Å². The SMILES string of the molecule is CC(=O)OC1C(COC(=O)CC(=O)O)OC(OC2CC(O)CC3[OH+]C(C4CC(O)C(O)C(O)C4)C(OC4OC(COC(=O)C=CC5CCC(O)CC5)C(O)C(O)C4O)CC23)C(O)C1O. The summed E-state index contributed by atoms with van der Waals surface area (Å²) in [5.41, 5.74) is 0. The highest BCUT2D eigenvalue weighted by Gasteiger charge is 2.57. The molecule has 3 saturated carbocycles. The van der Waals surface area contributed by atoms with Crippen LogP contribution in [0, 0.1) is 17.8 Å². The number of hydrogen-bond donors (Lipinski definition) is 11. The van der Waals surface area contributed by atoms with Gasteiger partial charge in [-0.15, -0.1) is 0 Å². The van der Waals surface area contributed by atoms with Crippen molar-refractivity contribution in [3.05, 3.63) is 12.2 Å². The van der Waals surface area contributed by atoms with Gasteiger partial charge < -0.3 is 94.1 Å². The van der Waals surface area contributed by atoms with Crippen molar-refractivity contribution in [1.29, 1.82) is 0 Å². The highest BCUT2D eigenvalue weighted by Crippen LogP contribution is 2.44. The minimum absolute atomic E-state index is 0.00694. The average Bonchev–Trinajstić information content (AvgIpc) is 3.23. The number of esters is 3. The lowest BCUT2D eigenvalue weighted by Crippen LogP contribution is -2.64. The number of fused-ring (bicyclic) bond motifs is 1. The van der Waals surface area contributed by atoms with Crippen LogP contribution in [0.1, 0.15) is 71.1 Å². The van der Waals surface area contributed by atoms with Gasteiger partial charge in [0.05, 0.1) is 36.4 Å². The molecule has 3 aliphatic carbocycles. The molecule has 0 bridgehead atoms. The minimum Gasteiger partial charge on any atom is -0.481 e. The molecule has 23 nitrogen and oxygen atoms in total. The molecule has 0 aromatic rings. The van der Waals surface area contributed by atoms with Gasteiger partial charge in [-0.3, -0.25) is 14.4 Å². The third-order valence-electron chi connectivity index (χ3n) is 13.2. The van der Waals surface area contributed by atoms with E-state index in [1.54, 1.807) is 6.08 Å². The molecule has 0 aromatic heterocycles. The van der Waals surface area contributed by atoms with Gasteiger partial charge in [-0.2, -0.15) is 0 Å². The Morgan fingerprint density at radius 3 is 1.91 bits per heavy atom. The van der Waals surface area contributed by atoms with Gasteiger partial charge in [-0.05, 0) is 50.9 Å². The second-order valence-corrected chi connectivity index (χ2v) is 17.9. The van der Waals surface area contributed by atoms with E-state index in [0.717, 1.165) is 6.92 Å². The number of allylic oxidation sites excluding steroid dienone is 1. The van der Waals surface area contributed by atoms with Crippen LogP contribution in [0.3, 0.4) is 0 Å². The second-order valence-electron chi connectivity index (χ2n) is 17.9. The average molecular weight is 924 g/mol. The first-order valence-electron chi connectivity index (χ1n) is 21.8. The molecule has 3 aliphatic heterocycles. The van der Waals surface area contributed by atoms with Crippen molar-refractivity contribution in [3.63, 3.8) is 0 Å². The molecule has 64 heavy (non-hydrogen) atoms. The molecule has 0 spiro atoms. The summed E-state index contributed by atoms with van der Waals surface area (Å²) in [7, 11) is 0. The van der Waals surface area contributed by atoms with Gasteiger partial charge in [0.25, 0.3) is 0 Å². The Labute approximate surface area is 367 Å². The van der Waals surface area contributed by atoms with E-state index < -0.39 is 166 Å². The first-order valence-corrected chi connectivity index (χ1v) is 21.8. The number of carbonyl (C=O) groups excluding carboxylic acids is 3. The smallest absolute Gasteiger partial charge is 0.330 e. The maximum Gasteiger partial charge on any atom is 0.330 e. The Balaban J connectivity index is 1.19. The first kappa shape index (κ1) is 50.4. The highest BCUT2D eigenvalue weighted by molar-refractivity contribution is 5.90. The molecule has 3 saturated heterocycles. The van der Waals surface area contributed by atoms with Crippen LogP contribution in [0.4, 0.5) is 0 Å². The fourth-order valence-corrected chi connectivity index (χ4v) is 9.77. The van der Waals surface area contributed by atoms with Crippen molar-refractivity contribution in [2.75, 3.05) is 13.2 Å². The van der Waals surface area contributed by atoms with E-state index >= 15 is 0 Å². The van der Waals surface area contributed by atoms with Crippen molar-refractivity contribution in [1.82, 2.24) is 0 Å². The molecule has 6 fully saturated rings. The number of aliphatic hydroxyl groups excluding tert-OH is 10. The maximum atomic E-state index is 12.6. The molecule has 0 aromatic carbocycles. The van der Waals surface area contributed by atoms with E-state index in [1.807, 2.05) is 0 Å².